The van der Waals surface area contributed by atoms with Gasteiger partial charge in [-0.1, -0.05) is 25.7 Å². The van der Waals surface area contributed by atoms with Gasteiger partial charge in [0.15, 0.2) is 0 Å². The second-order valence-electron chi connectivity index (χ2n) is 5.32. The highest BCUT2D eigenvalue weighted by Crippen LogP contribution is 2.40. The molecule has 100 valence electrons. The summed E-state index contributed by atoms with van der Waals surface area (Å²) in [4.78, 5) is 4.13. The summed E-state index contributed by atoms with van der Waals surface area (Å²) in [7, 11) is 1.72. The smallest absolute Gasteiger partial charge is 0.110 e. The summed E-state index contributed by atoms with van der Waals surface area (Å²) in [6.07, 6.45) is 9.55. The third-order valence-corrected chi connectivity index (χ3v) is 4.23. The lowest BCUT2D eigenvalue weighted by atomic mass is 9.83. The van der Waals surface area contributed by atoms with Gasteiger partial charge in [0.2, 0.25) is 0 Å². The van der Waals surface area contributed by atoms with E-state index in [9.17, 15) is 5.11 Å². The molecule has 1 fully saturated rings. The molecule has 2 rings (SSSR count). The van der Waals surface area contributed by atoms with Crippen molar-refractivity contribution < 1.29 is 9.84 Å². The van der Waals surface area contributed by atoms with Crippen molar-refractivity contribution in [3.8, 4) is 0 Å². The zero-order valence-corrected chi connectivity index (χ0v) is 11.4. The standard InChI is InChI=1S/C15H23NO2/c1-12-7-10-16-11-13(12)14(17)15(18-2)8-5-3-4-6-9-15/h7,10-11,14,17H,3-6,8-9H2,1-2H3. The largest absolute Gasteiger partial charge is 0.385 e. The molecule has 0 spiro atoms. The van der Waals surface area contributed by atoms with Crippen molar-refractivity contribution in [1.29, 1.82) is 0 Å². The first-order valence-electron chi connectivity index (χ1n) is 6.83. The quantitative estimate of drug-likeness (QED) is 0.837. The van der Waals surface area contributed by atoms with E-state index >= 15 is 0 Å². The Morgan fingerprint density at radius 2 is 1.94 bits per heavy atom. The van der Waals surface area contributed by atoms with Gasteiger partial charge in [-0.25, -0.2) is 0 Å². The minimum Gasteiger partial charge on any atom is -0.385 e. The molecule has 18 heavy (non-hydrogen) atoms. The Bertz CT molecular complexity index is 384. The number of aliphatic hydroxyl groups excluding tert-OH is 1. The summed E-state index contributed by atoms with van der Waals surface area (Å²) in [5.74, 6) is 0. The molecule has 3 nitrogen and oxygen atoms in total. The van der Waals surface area contributed by atoms with Crippen molar-refractivity contribution in [2.45, 2.75) is 57.2 Å². The van der Waals surface area contributed by atoms with Crippen LogP contribution in [0, 0.1) is 6.92 Å². The Morgan fingerprint density at radius 1 is 1.28 bits per heavy atom. The first kappa shape index (κ1) is 13.5. The monoisotopic (exact) mass is 249 g/mol. The molecule has 0 saturated heterocycles. The molecule has 1 atom stereocenters. The summed E-state index contributed by atoms with van der Waals surface area (Å²) in [5, 5.41) is 10.7. The van der Waals surface area contributed by atoms with Crippen LogP contribution in [-0.4, -0.2) is 22.8 Å². The van der Waals surface area contributed by atoms with Crippen molar-refractivity contribution in [3.05, 3.63) is 29.6 Å². The van der Waals surface area contributed by atoms with Gasteiger partial charge in [-0.05, 0) is 31.4 Å². The molecule has 3 heteroatoms. The maximum absolute atomic E-state index is 10.7. The fourth-order valence-corrected chi connectivity index (χ4v) is 2.96. The molecule has 1 aromatic rings. The minimum absolute atomic E-state index is 0.426. The topological polar surface area (TPSA) is 42.4 Å². The molecule has 1 aromatic heterocycles. The van der Waals surface area contributed by atoms with Gasteiger partial charge < -0.3 is 9.84 Å². The van der Waals surface area contributed by atoms with E-state index in [1.165, 1.54) is 12.8 Å². The van der Waals surface area contributed by atoms with Crippen molar-refractivity contribution in [2.75, 3.05) is 7.11 Å². The fraction of sp³-hybridized carbons (Fsp3) is 0.667. The van der Waals surface area contributed by atoms with E-state index in [4.69, 9.17) is 4.74 Å². The molecule has 1 N–H and O–H groups in total. The van der Waals surface area contributed by atoms with Crippen molar-refractivity contribution >= 4 is 0 Å². The molecule has 1 saturated carbocycles. The first-order chi connectivity index (χ1) is 8.69. The summed E-state index contributed by atoms with van der Waals surface area (Å²) in [6.45, 7) is 2.01. The van der Waals surface area contributed by atoms with Crippen LogP contribution in [-0.2, 0) is 4.74 Å². The molecule has 0 bridgehead atoms. The van der Waals surface area contributed by atoms with E-state index in [1.807, 2.05) is 13.0 Å². The Morgan fingerprint density at radius 3 is 2.50 bits per heavy atom. The second-order valence-corrected chi connectivity index (χ2v) is 5.32. The predicted molar refractivity (Wildman–Crippen MR) is 71.4 cm³/mol. The van der Waals surface area contributed by atoms with Gasteiger partial charge in [0.25, 0.3) is 0 Å². The average Bonchev–Trinajstić information content (AvgIpc) is 2.65. The van der Waals surface area contributed by atoms with Crippen LogP contribution in [0.5, 0.6) is 0 Å². The average molecular weight is 249 g/mol. The highest BCUT2D eigenvalue weighted by atomic mass is 16.5. The molecule has 0 amide bonds. The summed E-state index contributed by atoms with van der Waals surface area (Å²) in [6, 6.07) is 1.94. The van der Waals surface area contributed by atoms with Crippen LogP contribution in [0.1, 0.15) is 55.8 Å². The first-order valence-corrected chi connectivity index (χ1v) is 6.83. The van der Waals surface area contributed by atoms with E-state index < -0.39 is 11.7 Å². The van der Waals surface area contributed by atoms with Crippen LogP contribution >= 0.6 is 0 Å². The van der Waals surface area contributed by atoms with Crippen LogP contribution in [0.3, 0.4) is 0 Å². The molecule has 1 aliphatic carbocycles. The molecular formula is C15H23NO2. The van der Waals surface area contributed by atoms with Crippen LogP contribution in [0.25, 0.3) is 0 Å². The SMILES string of the molecule is COC1(C(O)c2cnccc2C)CCCCCC1. The number of hydrogen-bond donors (Lipinski definition) is 1. The highest BCUT2D eigenvalue weighted by Gasteiger charge is 2.39. The lowest BCUT2D eigenvalue weighted by Gasteiger charge is -2.36. The highest BCUT2D eigenvalue weighted by molar-refractivity contribution is 5.26. The van der Waals surface area contributed by atoms with E-state index in [-0.39, 0.29) is 0 Å². The van der Waals surface area contributed by atoms with Gasteiger partial charge in [0.1, 0.15) is 6.10 Å². The lowest BCUT2D eigenvalue weighted by Crippen LogP contribution is -2.38. The Hall–Kier alpha value is -0.930. The third kappa shape index (κ3) is 2.57. The number of nitrogens with zero attached hydrogens (tertiary/aromatic N) is 1. The van der Waals surface area contributed by atoms with Gasteiger partial charge in [-0.15, -0.1) is 0 Å². The van der Waals surface area contributed by atoms with Gasteiger partial charge >= 0.3 is 0 Å². The van der Waals surface area contributed by atoms with Crippen LogP contribution < -0.4 is 0 Å². The Labute approximate surface area is 109 Å². The fourth-order valence-electron chi connectivity index (χ4n) is 2.96. The van der Waals surface area contributed by atoms with Gasteiger partial charge in [0, 0.05) is 25.1 Å². The molecule has 0 radical (unpaired) electrons. The number of aryl methyl sites for hydroxylation is 1. The number of ether oxygens (including phenoxy) is 1. The number of rotatable bonds is 3. The van der Waals surface area contributed by atoms with E-state index in [0.717, 1.165) is 36.8 Å². The van der Waals surface area contributed by atoms with E-state index in [0.29, 0.717) is 0 Å². The van der Waals surface area contributed by atoms with Gasteiger partial charge in [-0.3, -0.25) is 4.98 Å². The number of methoxy groups -OCH3 is 1. The normalized spacial score (nSPS) is 21.3. The molecular weight excluding hydrogens is 226 g/mol. The zero-order chi connectivity index (χ0) is 13.0. The lowest BCUT2D eigenvalue weighted by molar-refractivity contribution is -0.114. The molecule has 1 heterocycles. The van der Waals surface area contributed by atoms with Crippen molar-refractivity contribution in [3.63, 3.8) is 0 Å². The van der Waals surface area contributed by atoms with Crippen LogP contribution in [0.15, 0.2) is 18.5 Å². The number of hydrogen-bond acceptors (Lipinski definition) is 3. The number of aliphatic hydroxyl groups is 1. The van der Waals surface area contributed by atoms with Gasteiger partial charge in [0.05, 0.1) is 5.60 Å². The maximum Gasteiger partial charge on any atom is 0.110 e. The third-order valence-electron chi connectivity index (χ3n) is 4.23. The molecule has 1 aliphatic rings. The van der Waals surface area contributed by atoms with Crippen molar-refractivity contribution in [2.24, 2.45) is 0 Å². The summed E-state index contributed by atoms with van der Waals surface area (Å²) >= 11 is 0. The van der Waals surface area contributed by atoms with E-state index in [1.54, 1.807) is 19.5 Å². The molecule has 0 aliphatic heterocycles. The second kappa shape index (κ2) is 5.81. The summed E-state index contributed by atoms with van der Waals surface area (Å²) < 4.78 is 5.75. The maximum atomic E-state index is 10.7. The van der Waals surface area contributed by atoms with Crippen LogP contribution in [0.4, 0.5) is 0 Å². The van der Waals surface area contributed by atoms with Crippen molar-refractivity contribution in [1.82, 2.24) is 4.98 Å². The van der Waals surface area contributed by atoms with Gasteiger partial charge in [-0.2, -0.15) is 0 Å². The Kier molecular flexibility index (Phi) is 4.36. The minimum atomic E-state index is -0.575. The number of aromatic nitrogens is 1. The summed E-state index contributed by atoms with van der Waals surface area (Å²) in [5.41, 5.74) is 1.56. The molecule has 1 unspecified atom stereocenters. The predicted octanol–water partition coefficient (Wildman–Crippen LogP) is 3.16. The number of pyridine rings is 1. The Balaban J connectivity index is 2.28. The zero-order valence-electron chi connectivity index (χ0n) is 11.4. The van der Waals surface area contributed by atoms with Crippen LogP contribution in [0.2, 0.25) is 0 Å². The molecule has 0 aromatic carbocycles. The van der Waals surface area contributed by atoms with E-state index in [2.05, 4.69) is 4.98 Å².